The van der Waals surface area contributed by atoms with Gasteiger partial charge in [0.1, 0.15) is 0 Å². The van der Waals surface area contributed by atoms with E-state index in [1.807, 2.05) is 13.8 Å². The summed E-state index contributed by atoms with van der Waals surface area (Å²) in [6, 6.07) is 3.31. The van der Waals surface area contributed by atoms with Crippen molar-refractivity contribution in [1.82, 2.24) is 4.90 Å². The van der Waals surface area contributed by atoms with Gasteiger partial charge in [0.2, 0.25) is 0 Å². The van der Waals surface area contributed by atoms with Crippen LogP contribution in [0.15, 0.2) is 12.1 Å². The molecule has 1 saturated carbocycles. The van der Waals surface area contributed by atoms with Crippen LogP contribution in [-0.2, 0) is 4.79 Å². The Morgan fingerprint density at radius 2 is 1.96 bits per heavy atom. The van der Waals surface area contributed by atoms with Crippen LogP contribution in [0.1, 0.15) is 49.9 Å². The second kappa shape index (κ2) is 7.97. The van der Waals surface area contributed by atoms with Gasteiger partial charge in [-0.3, -0.25) is 9.59 Å². The minimum atomic E-state index is -0.717. The first-order chi connectivity index (χ1) is 12.9. The van der Waals surface area contributed by atoms with Crippen molar-refractivity contribution in [1.29, 1.82) is 0 Å². The third-order valence-electron chi connectivity index (χ3n) is 5.54. The van der Waals surface area contributed by atoms with E-state index >= 15 is 0 Å². The van der Waals surface area contributed by atoms with Crippen molar-refractivity contribution in [2.75, 3.05) is 26.3 Å². The van der Waals surface area contributed by atoms with Crippen molar-refractivity contribution in [3.8, 4) is 11.5 Å². The van der Waals surface area contributed by atoms with E-state index in [1.165, 1.54) is 0 Å². The number of rotatable bonds is 7. The summed E-state index contributed by atoms with van der Waals surface area (Å²) < 4.78 is 11.3. The Hall–Kier alpha value is -1.95. The average molecular weight is 396 g/mol. The van der Waals surface area contributed by atoms with Crippen LogP contribution in [0.4, 0.5) is 0 Å². The molecule has 7 heteroatoms. The summed E-state index contributed by atoms with van der Waals surface area (Å²) in [5.74, 6) is -0.128. The van der Waals surface area contributed by atoms with Gasteiger partial charge in [-0.15, -0.1) is 0 Å². The molecule has 2 aliphatic rings. The molecule has 0 bridgehead atoms. The molecule has 1 aliphatic heterocycles. The molecule has 0 aromatic heterocycles. The molecule has 1 aromatic carbocycles. The molecule has 1 atom stereocenters. The molecule has 0 radical (unpaired) electrons. The van der Waals surface area contributed by atoms with Crippen LogP contribution in [0.2, 0.25) is 5.02 Å². The van der Waals surface area contributed by atoms with Crippen LogP contribution in [-0.4, -0.2) is 48.2 Å². The van der Waals surface area contributed by atoms with Crippen molar-refractivity contribution < 1.29 is 24.2 Å². The van der Waals surface area contributed by atoms with Gasteiger partial charge in [0.05, 0.1) is 24.2 Å². The summed E-state index contributed by atoms with van der Waals surface area (Å²) in [5.41, 5.74) is 0.364. The predicted octanol–water partition coefficient (Wildman–Crippen LogP) is 3.85. The highest BCUT2D eigenvalue weighted by atomic mass is 35.5. The van der Waals surface area contributed by atoms with Gasteiger partial charge in [0.25, 0.3) is 5.91 Å². The van der Waals surface area contributed by atoms with Gasteiger partial charge in [0.15, 0.2) is 11.5 Å². The summed E-state index contributed by atoms with van der Waals surface area (Å²) in [5, 5.41) is 9.56. The van der Waals surface area contributed by atoms with E-state index < -0.39 is 5.97 Å². The van der Waals surface area contributed by atoms with E-state index in [0.717, 1.165) is 25.7 Å². The average Bonchev–Trinajstić information content (AvgIpc) is 3.35. The van der Waals surface area contributed by atoms with Crippen LogP contribution < -0.4 is 9.47 Å². The lowest BCUT2D eigenvalue weighted by molar-refractivity contribution is -0.139. The van der Waals surface area contributed by atoms with Gasteiger partial charge < -0.3 is 19.5 Å². The molecule has 27 heavy (non-hydrogen) atoms. The lowest BCUT2D eigenvalue weighted by atomic mass is 9.90. The number of halogens is 1. The fourth-order valence-corrected chi connectivity index (χ4v) is 4.15. The maximum Gasteiger partial charge on any atom is 0.307 e. The normalized spacial score (nSPS) is 20.4. The summed E-state index contributed by atoms with van der Waals surface area (Å²) in [6.07, 6.45) is 3.04. The number of aliphatic carboxylic acids is 1. The zero-order valence-corrected chi connectivity index (χ0v) is 16.6. The minimum absolute atomic E-state index is 0.103. The number of carbonyl (C=O) groups excluding carboxylic acids is 1. The van der Waals surface area contributed by atoms with Gasteiger partial charge in [0, 0.05) is 18.7 Å². The number of carbonyl (C=O) groups is 2. The minimum Gasteiger partial charge on any atom is -0.490 e. The molecule has 1 heterocycles. The largest absolute Gasteiger partial charge is 0.490 e. The van der Waals surface area contributed by atoms with Crippen LogP contribution in [0, 0.1) is 11.3 Å². The maximum atomic E-state index is 12.9. The number of amides is 1. The van der Waals surface area contributed by atoms with Crippen molar-refractivity contribution in [2.45, 2.75) is 39.5 Å². The lowest BCUT2D eigenvalue weighted by Gasteiger charge is -2.32. The van der Waals surface area contributed by atoms with Crippen molar-refractivity contribution in [2.24, 2.45) is 11.3 Å². The zero-order chi connectivity index (χ0) is 19.6. The van der Waals surface area contributed by atoms with Gasteiger partial charge in [-0.25, -0.2) is 0 Å². The Balaban J connectivity index is 1.72. The monoisotopic (exact) mass is 395 g/mol. The molecular weight excluding hydrogens is 370 g/mol. The molecular formula is C20H26ClNO5. The first-order valence-electron chi connectivity index (χ1n) is 9.53. The number of piperidine rings is 1. The molecule has 1 saturated heterocycles. The van der Waals surface area contributed by atoms with E-state index in [0.29, 0.717) is 48.4 Å². The number of ether oxygens (including phenoxy) is 2. The molecule has 2 fully saturated rings. The van der Waals surface area contributed by atoms with E-state index in [9.17, 15) is 14.7 Å². The van der Waals surface area contributed by atoms with Crippen LogP contribution in [0.25, 0.3) is 0 Å². The van der Waals surface area contributed by atoms with Gasteiger partial charge >= 0.3 is 5.97 Å². The molecule has 1 aromatic rings. The second-order valence-electron chi connectivity index (χ2n) is 7.32. The predicted molar refractivity (Wildman–Crippen MR) is 102 cm³/mol. The van der Waals surface area contributed by atoms with E-state index in [-0.39, 0.29) is 17.2 Å². The van der Waals surface area contributed by atoms with Gasteiger partial charge in [-0.05, 0) is 50.2 Å². The van der Waals surface area contributed by atoms with Crippen LogP contribution in [0.5, 0.6) is 11.5 Å². The maximum absolute atomic E-state index is 12.9. The summed E-state index contributed by atoms with van der Waals surface area (Å²) >= 11 is 6.36. The molecule has 1 amide bonds. The first-order valence-corrected chi connectivity index (χ1v) is 9.91. The van der Waals surface area contributed by atoms with Crippen molar-refractivity contribution in [3.05, 3.63) is 22.7 Å². The third kappa shape index (κ3) is 4.00. The highest BCUT2D eigenvalue weighted by Crippen LogP contribution is 2.59. The van der Waals surface area contributed by atoms with E-state index in [4.69, 9.17) is 21.1 Å². The Labute approximate surface area is 164 Å². The molecule has 1 unspecified atom stereocenters. The molecule has 3 rings (SSSR count). The SMILES string of the molecule is CCCOc1c(Cl)cc(C(=O)N2CCC3(CC2)CC3C(=O)O)cc1OCC. The standard InChI is InChI=1S/C20H26ClNO5/c1-3-9-27-17-15(21)10-13(11-16(17)26-4-2)18(23)22-7-5-20(6-8-22)12-14(20)19(24)25/h10-11,14H,3-9,12H2,1-2H3,(H,24,25). The van der Waals surface area contributed by atoms with Gasteiger partial charge in [-0.2, -0.15) is 0 Å². The Morgan fingerprint density at radius 1 is 1.26 bits per heavy atom. The molecule has 1 N–H and O–H groups in total. The fraction of sp³-hybridized carbons (Fsp3) is 0.600. The number of hydrogen-bond donors (Lipinski definition) is 1. The quantitative estimate of drug-likeness (QED) is 0.758. The Kier molecular flexibility index (Phi) is 5.84. The highest BCUT2D eigenvalue weighted by Gasteiger charge is 2.59. The smallest absolute Gasteiger partial charge is 0.307 e. The van der Waals surface area contributed by atoms with E-state index in [1.54, 1.807) is 17.0 Å². The second-order valence-corrected chi connectivity index (χ2v) is 7.72. The Morgan fingerprint density at radius 3 is 2.52 bits per heavy atom. The molecule has 1 aliphatic carbocycles. The number of nitrogens with zero attached hydrogens (tertiary/aromatic N) is 1. The van der Waals surface area contributed by atoms with Crippen molar-refractivity contribution in [3.63, 3.8) is 0 Å². The lowest BCUT2D eigenvalue weighted by Crippen LogP contribution is -2.40. The topological polar surface area (TPSA) is 76.1 Å². The molecule has 6 nitrogen and oxygen atoms in total. The number of likely N-dealkylation sites (tertiary alicyclic amines) is 1. The van der Waals surface area contributed by atoms with Crippen LogP contribution in [0.3, 0.4) is 0 Å². The number of carboxylic acid groups (broad SMARTS) is 1. The number of hydrogen-bond acceptors (Lipinski definition) is 4. The third-order valence-corrected chi connectivity index (χ3v) is 5.82. The summed E-state index contributed by atoms with van der Waals surface area (Å²) in [7, 11) is 0. The molecule has 1 spiro atoms. The highest BCUT2D eigenvalue weighted by molar-refractivity contribution is 6.32. The van der Waals surface area contributed by atoms with Gasteiger partial charge in [-0.1, -0.05) is 18.5 Å². The summed E-state index contributed by atoms with van der Waals surface area (Å²) in [6.45, 7) is 5.97. The van der Waals surface area contributed by atoms with Crippen LogP contribution >= 0.6 is 11.6 Å². The summed E-state index contributed by atoms with van der Waals surface area (Å²) in [4.78, 5) is 25.9. The number of benzene rings is 1. The van der Waals surface area contributed by atoms with Crippen molar-refractivity contribution >= 4 is 23.5 Å². The Bertz CT molecular complexity index is 727. The van der Waals surface area contributed by atoms with E-state index in [2.05, 4.69) is 0 Å². The number of carboxylic acids is 1. The fourth-order valence-electron chi connectivity index (χ4n) is 3.89. The molecule has 148 valence electrons. The zero-order valence-electron chi connectivity index (χ0n) is 15.8. The first kappa shape index (κ1) is 19.8.